The molecule has 1 aliphatic heterocycles. The Balaban J connectivity index is 2.28. The first-order chi connectivity index (χ1) is 8.08. The van der Waals surface area contributed by atoms with Crippen molar-refractivity contribution in [2.45, 2.75) is 18.8 Å². The van der Waals surface area contributed by atoms with E-state index in [4.69, 9.17) is 5.11 Å². The number of carboxylic acid groups (broad SMARTS) is 1. The molecule has 88 valence electrons. The lowest BCUT2D eigenvalue weighted by atomic mass is 9.94. The molecule has 7 heteroatoms. The molecule has 1 aromatic heterocycles. The molecule has 17 heavy (non-hydrogen) atoms. The predicted octanol–water partition coefficient (Wildman–Crippen LogP) is -0.305. The lowest BCUT2D eigenvalue weighted by Gasteiger charge is -2.19. The van der Waals surface area contributed by atoms with Gasteiger partial charge < -0.3 is 5.11 Å². The zero-order chi connectivity index (χ0) is 12.4. The topological polar surface area (TPSA) is 109 Å². The normalized spacial score (nSPS) is 19.9. The second-order valence-corrected chi connectivity index (χ2v) is 3.68. The van der Waals surface area contributed by atoms with Crippen LogP contribution >= 0.6 is 0 Å². The summed E-state index contributed by atoms with van der Waals surface area (Å²) in [5.74, 6) is -2.53. The lowest BCUT2D eigenvalue weighted by Crippen LogP contribution is -2.39. The Morgan fingerprint density at radius 2 is 2.24 bits per heavy atom. The van der Waals surface area contributed by atoms with Crippen LogP contribution in [0.4, 0.5) is 0 Å². The number of carboxylic acids is 1. The van der Waals surface area contributed by atoms with Crippen LogP contribution in [-0.2, 0) is 9.59 Å². The smallest absolute Gasteiger partial charge is 0.337 e. The van der Waals surface area contributed by atoms with E-state index in [1.807, 2.05) is 0 Å². The zero-order valence-corrected chi connectivity index (χ0v) is 8.71. The van der Waals surface area contributed by atoms with E-state index in [9.17, 15) is 14.4 Å². The minimum absolute atomic E-state index is 0.0281. The molecule has 2 amide bonds. The third-order valence-electron chi connectivity index (χ3n) is 2.52. The standard InChI is InChI=1S/C10H9N3O4/c14-8-2-1-6(9(15)12-8)7-3-5(10(16)17)4-11-13-7/h3-4,6H,1-2H2,(H,16,17)(H,12,14,15). The van der Waals surface area contributed by atoms with Gasteiger partial charge in [0.25, 0.3) is 0 Å². The molecule has 0 aliphatic carbocycles. The summed E-state index contributed by atoms with van der Waals surface area (Å²) in [6, 6.07) is 1.30. The maximum atomic E-state index is 11.5. The maximum absolute atomic E-state index is 11.5. The van der Waals surface area contributed by atoms with Gasteiger partial charge in [-0.3, -0.25) is 14.9 Å². The number of imide groups is 1. The summed E-state index contributed by atoms with van der Waals surface area (Å²) in [7, 11) is 0. The minimum Gasteiger partial charge on any atom is -0.478 e. The molecule has 0 radical (unpaired) electrons. The van der Waals surface area contributed by atoms with E-state index in [2.05, 4.69) is 15.5 Å². The molecule has 0 bridgehead atoms. The van der Waals surface area contributed by atoms with Crippen LogP contribution in [0.15, 0.2) is 12.3 Å². The number of carbonyl (C=O) groups excluding carboxylic acids is 2. The van der Waals surface area contributed by atoms with E-state index in [0.717, 1.165) is 6.20 Å². The summed E-state index contributed by atoms with van der Waals surface area (Å²) < 4.78 is 0. The van der Waals surface area contributed by atoms with Crippen molar-refractivity contribution >= 4 is 17.8 Å². The average Bonchev–Trinajstić information content (AvgIpc) is 2.29. The lowest BCUT2D eigenvalue weighted by molar-refractivity contribution is -0.134. The number of hydrogen-bond acceptors (Lipinski definition) is 5. The molecule has 1 fully saturated rings. The number of aromatic carboxylic acids is 1. The fourth-order valence-corrected chi connectivity index (χ4v) is 1.65. The van der Waals surface area contributed by atoms with Gasteiger partial charge in [0.1, 0.15) is 0 Å². The van der Waals surface area contributed by atoms with Crippen LogP contribution in [0.5, 0.6) is 0 Å². The number of piperidine rings is 1. The van der Waals surface area contributed by atoms with E-state index in [0.29, 0.717) is 6.42 Å². The molecule has 1 aliphatic rings. The molecule has 1 atom stereocenters. The van der Waals surface area contributed by atoms with Gasteiger partial charge in [0, 0.05) is 6.42 Å². The van der Waals surface area contributed by atoms with E-state index >= 15 is 0 Å². The van der Waals surface area contributed by atoms with Gasteiger partial charge in [-0.25, -0.2) is 4.79 Å². The second kappa shape index (κ2) is 4.28. The number of rotatable bonds is 2. The summed E-state index contributed by atoms with van der Waals surface area (Å²) in [6.45, 7) is 0. The number of nitrogens with zero attached hydrogens (tertiary/aromatic N) is 2. The number of carbonyl (C=O) groups is 3. The number of hydrogen-bond donors (Lipinski definition) is 2. The molecule has 0 spiro atoms. The number of nitrogens with one attached hydrogen (secondary N) is 1. The first kappa shape index (κ1) is 11.2. The molecule has 1 saturated heterocycles. The van der Waals surface area contributed by atoms with Crippen molar-refractivity contribution in [1.82, 2.24) is 15.5 Å². The Hall–Kier alpha value is -2.31. The highest BCUT2D eigenvalue weighted by Gasteiger charge is 2.29. The van der Waals surface area contributed by atoms with Gasteiger partial charge in [-0.15, -0.1) is 0 Å². The SMILES string of the molecule is O=C1CCC(c2cc(C(=O)O)cnn2)C(=O)N1. The van der Waals surface area contributed by atoms with Crippen molar-refractivity contribution in [3.63, 3.8) is 0 Å². The van der Waals surface area contributed by atoms with Crippen LogP contribution in [0.1, 0.15) is 34.8 Å². The van der Waals surface area contributed by atoms with Crippen molar-refractivity contribution in [2.24, 2.45) is 0 Å². The summed E-state index contributed by atoms with van der Waals surface area (Å²) in [5.41, 5.74) is 0.245. The van der Waals surface area contributed by atoms with Gasteiger partial charge in [0.15, 0.2) is 0 Å². The first-order valence-electron chi connectivity index (χ1n) is 4.97. The molecule has 1 unspecified atom stereocenters. The Labute approximate surface area is 95.9 Å². The first-order valence-corrected chi connectivity index (χ1v) is 4.97. The fraction of sp³-hybridized carbons (Fsp3) is 0.300. The summed E-state index contributed by atoms with van der Waals surface area (Å²) in [6.07, 6.45) is 1.65. The Kier molecular flexibility index (Phi) is 2.82. The Bertz CT molecular complexity index is 500. The number of aromatic nitrogens is 2. The van der Waals surface area contributed by atoms with Gasteiger partial charge in [-0.2, -0.15) is 10.2 Å². The largest absolute Gasteiger partial charge is 0.478 e. The van der Waals surface area contributed by atoms with Gasteiger partial charge in [-0.05, 0) is 12.5 Å². The van der Waals surface area contributed by atoms with Crippen LogP contribution in [-0.4, -0.2) is 33.1 Å². The molecule has 0 saturated carbocycles. The predicted molar refractivity (Wildman–Crippen MR) is 54.1 cm³/mol. The van der Waals surface area contributed by atoms with Crippen LogP contribution < -0.4 is 5.32 Å². The fourth-order valence-electron chi connectivity index (χ4n) is 1.65. The van der Waals surface area contributed by atoms with E-state index < -0.39 is 17.8 Å². The van der Waals surface area contributed by atoms with Gasteiger partial charge >= 0.3 is 5.97 Å². The average molecular weight is 235 g/mol. The molecular weight excluding hydrogens is 226 g/mol. The summed E-state index contributed by atoms with van der Waals surface area (Å²) >= 11 is 0. The Morgan fingerprint density at radius 3 is 2.88 bits per heavy atom. The highest BCUT2D eigenvalue weighted by Crippen LogP contribution is 2.22. The van der Waals surface area contributed by atoms with E-state index in [1.54, 1.807) is 0 Å². The summed E-state index contributed by atoms with van der Waals surface area (Å²) in [4.78, 5) is 33.2. The molecule has 0 aromatic carbocycles. The molecule has 2 N–H and O–H groups in total. The molecule has 7 nitrogen and oxygen atoms in total. The van der Waals surface area contributed by atoms with Gasteiger partial charge in [0.2, 0.25) is 11.8 Å². The molecular formula is C10H9N3O4. The van der Waals surface area contributed by atoms with Crippen LogP contribution in [0, 0.1) is 0 Å². The maximum Gasteiger partial charge on any atom is 0.337 e. The van der Waals surface area contributed by atoms with Crippen molar-refractivity contribution < 1.29 is 19.5 Å². The van der Waals surface area contributed by atoms with Crippen LogP contribution in [0.2, 0.25) is 0 Å². The molecule has 1 aromatic rings. The van der Waals surface area contributed by atoms with E-state index in [-0.39, 0.29) is 23.6 Å². The third-order valence-corrected chi connectivity index (χ3v) is 2.52. The quantitative estimate of drug-likeness (QED) is 0.681. The molecule has 2 rings (SSSR count). The van der Waals surface area contributed by atoms with Crippen molar-refractivity contribution in [3.8, 4) is 0 Å². The van der Waals surface area contributed by atoms with Crippen LogP contribution in [0.3, 0.4) is 0 Å². The second-order valence-electron chi connectivity index (χ2n) is 3.68. The van der Waals surface area contributed by atoms with Crippen molar-refractivity contribution in [1.29, 1.82) is 0 Å². The van der Waals surface area contributed by atoms with Gasteiger partial charge in [-0.1, -0.05) is 0 Å². The minimum atomic E-state index is -1.13. The molecule has 2 heterocycles. The van der Waals surface area contributed by atoms with Gasteiger partial charge in [0.05, 0.1) is 23.4 Å². The monoisotopic (exact) mass is 235 g/mol. The van der Waals surface area contributed by atoms with E-state index in [1.165, 1.54) is 6.07 Å². The Morgan fingerprint density at radius 1 is 1.47 bits per heavy atom. The van der Waals surface area contributed by atoms with Crippen LogP contribution in [0.25, 0.3) is 0 Å². The number of amides is 2. The van der Waals surface area contributed by atoms with Crippen molar-refractivity contribution in [3.05, 3.63) is 23.5 Å². The highest BCUT2D eigenvalue weighted by molar-refractivity contribution is 6.00. The summed E-state index contributed by atoms with van der Waals surface area (Å²) in [5, 5.41) is 18.3. The third kappa shape index (κ3) is 2.27. The highest BCUT2D eigenvalue weighted by atomic mass is 16.4. The zero-order valence-electron chi connectivity index (χ0n) is 8.71. The van der Waals surface area contributed by atoms with Crippen molar-refractivity contribution in [2.75, 3.05) is 0 Å².